The van der Waals surface area contributed by atoms with Crippen LogP contribution in [0.1, 0.15) is 16.8 Å². The summed E-state index contributed by atoms with van der Waals surface area (Å²) in [7, 11) is 1.60. The van der Waals surface area contributed by atoms with E-state index in [4.69, 9.17) is 25.8 Å². The quantitative estimate of drug-likeness (QED) is 0.309. The molecule has 2 aromatic heterocycles. The second-order valence-corrected chi connectivity index (χ2v) is 8.61. The first-order chi connectivity index (χ1) is 17.7. The highest BCUT2D eigenvalue weighted by Crippen LogP contribution is 2.37. The van der Waals surface area contributed by atoms with E-state index in [1.54, 1.807) is 29.9 Å². The van der Waals surface area contributed by atoms with Crippen LogP contribution >= 0.6 is 11.6 Å². The molecule has 7 nitrogen and oxygen atoms in total. The first-order valence-corrected chi connectivity index (χ1v) is 11.5. The van der Waals surface area contributed by atoms with E-state index in [0.29, 0.717) is 24.4 Å². The Bertz CT molecular complexity index is 1520. The summed E-state index contributed by atoms with van der Waals surface area (Å²) in [4.78, 5) is 20.8. The number of ether oxygens (including phenoxy) is 3. The number of benzene rings is 2. The van der Waals surface area contributed by atoms with E-state index in [-0.39, 0.29) is 24.0 Å². The Hall–Kier alpha value is -4.05. The fourth-order valence-electron chi connectivity index (χ4n) is 4.01. The highest BCUT2D eigenvalue weighted by molar-refractivity contribution is 6.31. The maximum absolute atomic E-state index is 13.1. The van der Waals surface area contributed by atoms with Crippen LogP contribution in [0.2, 0.25) is 5.02 Å². The largest absolute Gasteiger partial charge is 0.497 e. The lowest BCUT2D eigenvalue weighted by Gasteiger charge is -2.22. The molecule has 0 atom stereocenters. The minimum Gasteiger partial charge on any atom is -0.497 e. The van der Waals surface area contributed by atoms with Crippen LogP contribution in [-0.4, -0.2) is 21.6 Å². The van der Waals surface area contributed by atoms with Crippen molar-refractivity contribution in [1.29, 1.82) is 0 Å². The van der Waals surface area contributed by atoms with Crippen LogP contribution in [-0.2, 0) is 25.7 Å². The first kappa shape index (κ1) is 24.6. The van der Waals surface area contributed by atoms with Crippen molar-refractivity contribution in [2.24, 2.45) is 0 Å². The molecule has 0 bridgehead atoms. The molecule has 1 aliphatic rings. The summed E-state index contributed by atoms with van der Waals surface area (Å²) >= 11 is 5.64. The zero-order valence-electron chi connectivity index (χ0n) is 19.4. The molecule has 190 valence electrons. The average Bonchev–Trinajstić information content (AvgIpc) is 2.88. The van der Waals surface area contributed by atoms with Crippen LogP contribution in [0.25, 0.3) is 11.3 Å². The second kappa shape index (κ2) is 9.78. The van der Waals surface area contributed by atoms with E-state index in [2.05, 4.69) is 9.97 Å². The Morgan fingerprint density at radius 1 is 1.03 bits per heavy atom. The number of hydrogen-bond donors (Lipinski definition) is 0. The maximum atomic E-state index is 13.1. The Morgan fingerprint density at radius 3 is 2.54 bits per heavy atom. The van der Waals surface area contributed by atoms with Crippen LogP contribution in [0.4, 0.5) is 13.2 Å². The molecule has 0 fully saturated rings. The predicted molar refractivity (Wildman–Crippen MR) is 129 cm³/mol. The fraction of sp³-hybridized carbons (Fsp3) is 0.192. The van der Waals surface area contributed by atoms with Gasteiger partial charge in [0.05, 0.1) is 35.3 Å². The number of hydrogen-bond acceptors (Lipinski definition) is 6. The summed E-state index contributed by atoms with van der Waals surface area (Å²) in [6, 6.07) is 13.8. The van der Waals surface area contributed by atoms with Gasteiger partial charge in [-0.25, -0.2) is 4.79 Å². The summed E-state index contributed by atoms with van der Waals surface area (Å²) in [6.45, 7) is 0.521. The van der Waals surface area contributed by atoms with Gasteiger partial charge in [0.25, 0.3) is 0 Å². The molecule has 0 unspecified atom stereocenters. The standard InChI is InChI=1S/C26H19ClF3N3O4/c1-35-17-4-6-20-15(10-17)8-9-33-23(20)12-24(32-25(33)34)36-14-16-2-3-19(13-31-16)37-18-5-7-22(27)21(11-18)26(28,29)30/h2-7,10-13H,8-9,14H2,1H3. The van der Waals surface area contributed by atoms with Crippen LogP contribution in [0, 0.1) is 0 Å². The second-order valence-electron chi connectivity index (χ2n) is 8.20. The Morgan fingerprint density at radius 2 is 1.81 bits per heavy atom. The van der Waals surface area contributed by atoms with E-state index in [9.17, 15) is 18.0 Å². The van der Waals surface area contributed by atoms with E-state index < -0.39 is 22.5 Å². The summed E-state index contributed by atoms with van der Waals surface area (Å²) < 4.78 is 57.3. The first-order valence-electron chi connectivity index (χ1n) is 11.1. The lowest BCUT2D eigenvalue weighted by atomic mass is 9.97. The lowest BCUT2D eigenvalue weighted by molar-refractivity contribution is -0.137. The maximum Gasteiger partial charge on any atom is 0.417 e. The normalized spacial score (nSPS) is 12.5. The molecular formula is C26H19ClF3N3O4. The molecule has 0 saturated heterocycles. The molecule has 1 aliphatic heterocycles. The van der Waals surface area contributed by atoms with Crippen molar-refractivity contribution in [2.45, 2.75) is 25.7 Å². The number of aromatic nitrogens is 3. The van der Waals surface area contributed by atoms with Crippen molar-refractivity contribution >= 4 is 11.6 Å². The van der Waals surface area contributed by atoms with Gasteiger partial charge < -0.3 is 14.2 Å². The van der Waals surface area contributed by atoms with E-state index in [0.717, 1.165) is 29.0 Å². The number of alkyl halides is 3. The minimum atomic E-state index is -4.60. The molecule has 0 aliphatic carbocycles. The van der Waals surface area contributed by atoms with Crippen LogP contribution in [0.5, 0.6) is 23.1 Å². The SMILES string of the molecule is COc1ccc2c(c1)CCn1c-2cc(OCc2ccc(Oc3ccc(Cl)c(C(F)(F)F)c3)cn2)nc1=O. The van der Waals surface area contributed by atoms with Gasteiger partial charge in [0.1, 0.15) is 23.9 Å². The lowest BCUT2D eigenvalue weighted by Crippen LogP contribution is -2.28. The predicted octanol–water partition coefficient (Wildman–Crippen LogP) is 5.91. The van der Waals surface area contributed by atoms with Crippen molar-refractivity contribution in [1.82, 2.24) is 14.5 Å². The molecule has 37 heavy (non-hydrogen) atoms. The molecule has 0 spiro atoms. The van der Waals surface area contributed by atoms with Gasteiger partial charge in [-0.2, -0.15) is 18.2 Å². The Balaban J connectivity index is 1.29. The number of aryl methyl sites for hydroxylation is 1. The van der Waals surface area contributed by atoms with Crippen LogP contribution in [0.3, 0.4) is 0 Å². The minimum absolute atomic E-state index is 0.0187. The monoisotopic (exact) mass is 529 g/mol. The number of nitrogens with zero attached hydrogens (tertiary/aromatic N) is 3. The summed E-state index contributed by atoms with van der Waals surface area (Å²) in [5.41, 5.74) is 1.79. The molecule has 2 aromatic carbocycles. The third kappa shape index (κ3) is 5.24. The van der Waals surface area contributed by atoms with Gasteiger partial charge in [-0.3, -0.25) is 9.55 Å². The molecule has 0 N–H and O–H groups in total. The summed E-state index contributed by atoms with van der Waals surface area (Å²) in [6.07, 6.45) is -2.55. The molecular weight excluding hydrogens is 511 g/mol. The molecule has 0 amide bonds. The summed E-state index contributed by atoms with van der Waals surface area (Å²) in [5, 5.41) is -0.413. The molecule has 5 rings (SSSR count). The molecule has 0 radical (unpaired) electrons. The van der Waals surface area contributed by atoms with Gasteiger partial charge in [-0.05, 0) is 60.5 Å². The van der Waals surface area contributed by atoms with Gasteiger partial charge in [0.15, 0.2) is 0 Å². The van der Waals surface area contributed by atoms with Crippen molar-refractivity contribution in [3.8, 4) is 34.4 Å². The molecule has 0 saturated carbocycles. The van der Waals surface area contributed by atoms with E-state index in [1.165, 1.54) is 12.3 Å². The van der Waals surface area contributed by atoms with Crippen molar-refractivity contribution in [3.05, 3.63) is 93.1 Å². The molecule has 4 aromatic rings. The van der Waals surface area contributed by atoms with E-state index in [1.807, 2.05) is 18.2 Å². The number of fused-ring (bicyclic) bond motifs is 3. The number of pyridine rings is 1. The van der Waals surface area contributed by atoms with E-state index >= 15 is 0 Å². The molecule has 11 heteroatoms. The number of halogens is 4. The van der Waals surface area contributed by atoms with Gasteiger partial charge in [-0.15, -0.1) is 0 Å². The Labute approximate surface area is 214 Å². The third-order valence-electron chi connectivity index (χ3n) is 5.83. The van der Waals surface area contributed by atoms with Crippen LogP contribution in [0.15, 0.2) is 65.6 Å². The third-order valence-corrected chi connectivity index (χ3v) is 6.15. The van der Waals surface area contributed by atoms with Gasteiger partial charge in [0.2, 0.25) is 5.88 Å². The smallest absolute Gasteiger partial charge is 0.417 e. The fourth-order valence-corrected chi connectivity index (χ4v) is 4.23. The zero-order chi connectivity index (χ0) is 26.2. The van der Waals surface area contributed by atoms with Gasteiger partial charge >= 0.3 is 11.9 Å². The van der Waals surface area contributed by atoms with Gasteiger partial charge in [0, 0.05) is 18.2 Å². The van der Waals surface area contributed by atoms with Crippen LogP contribution < -0.4 is 19.9 Å². The average molecular weight is 530 g/mol. The summed E-state index contributed by atoms with van der Waals surface area (Å²) in [5.74, 6) is 1.11. The van der Waals surface area contributed by atoms with Crippen molar-refractivity contribution in [3.63, 3.8) is 0 Å². The van der Waals surface area contributed by atoms with Crippen molar-refractivity contribution in [2.75, 3.05) is 7.11 Å². The zero-order valence-corrected chi connectivity index (χ0v) is 20.1. The highest BCUT2D eigenvalue weighted by Gasteiger charge is 2.33. The molecule has 3 heterocycles. The topological polar surface area (TPSA) is 75.5 Å². The highest BCUT2D eigenvalue weighted by atomic mass is 35.5. The number of methoxy groups -OCH3 is 1. The Kier molecular flexibility index (Phi) is 6.51. The number of rotatable bonds is 6. The van der Waals surface area contributed by atoms with Crippen molar-refractivity contribution < 1.29 is 27.4 Å². The van der Waals surface area contributed by atoms with Gasteiger partial charge in [-0.1, -0.05) is 11.6 Å².